The zero-order valence-corrected chi connectivity index (χ0v) is 15.4. The molecular weight excluding hydrogens is 356 g/mol. The molecule has 0 aliphatic carbocycles. The van der Waals surface area contributed by atoms with E-state index in [4.69, 9.17) is 14.5 Å². The number of aromatic amines is 1. The molecule has 0 saturated carbocycles. The molecule has 0 radical (unpaired) electrons. The van der Waals surface area contributed by atoms with E-state index in [1.165, 1.54) is 0 Å². The molecule has 2 aliphatic heterocycles. The Kier molecular flexibility index (Phi) is 4.29. The topological polar surface area (TPSA) is 80.3 Å². The molecule has 28 heavy (non-hydrogen) atoms. The summed E-state index contributed by atoms with van der Waals surface area (Å²) < 4.78 is 11.3. The predicted molar refractivity (Wildman–Crippen MR) is 103 cm³/mol. The third kappa shape index (κ3) is 3.25. The van der Waals surface area contributed by atoms with E-state index in [2.05, 4.69) is 20.9 Å². The van der Waals surface area contributed by atoms with Crippen LogP contribution >= 0.6 is 0 Å². The quantitative estimate of drug-likeness (QED) is 0.755. The van der Waals surface area contributed by atoms with Gasteiger partial charge in [0.05, 0.1) is 5.69 Å². The highest BCUT2D eigenvalue weighted by molar-refractivity contribution is 5.53. The van der Waals surface area contributed by atoms with Crippen LogP contribution in [0.1, 0.15) is 16.8 Å². The molecule has 0 atom stereocenters. The number of rotatable bonds is 3. The van der Waals surface area contributed by atoms with Gasteiger partial charge in [0, 0.05) is 43.2 Å². The molecule has 4 heterocycles. The first-order chi connectivity index (χ1) is 13.8. The molecule has 0 saturated heterocycles. The molecule has 7 heteroatoms. The summed E-state index contributed by atoms with van der Waals surface area (Å²) in [5.41, 5.74) is 3.54. The summed E-state index contributed by atoms with van der Waals surface area (Å²) in [5, 5.41) is 0. The monoisotopic (exact) mass is 376 g/mol. The van der Waals surface area contributed by atoms with Gasteiger partial charge in [-0.3, -0.25) is 14.7 Å². The number of nitrogens with one attached hydrogen (secondary N) is 1. The van der Waals surface area contributed by atoms with Crippen LogP contribution in [0.3, 0.4) is 0 Å². The summed E-state index contributed by atoms with van der Waals surface area (Å²) in [5.74, 6) is 2.17. The van der Waals surface area contributed by atoms with Gasteiger partial charge in [-0.25, -0.2) is 4.98 Å². The van der Waals surface area contributed by atoms with E-state index < -0.39 is 0 Å². The maximum absolute atomic E-state index is 12.5. The van der Waals surface area contributed by atoms with Gasteiger partial charge < -0.3 is 14.5 Å². The Balaban J connectivity index is 1.39. The zero-order chi connectivity index (χ0) is 18.9. The van der Waals surface area contributed by atoms with Crippen molar-refractivity contribution in [3.8, 4) is 22.9 Å². The minimum Gasteiger partial charge on any atom is -0.486 e. The molecule has 1 N–H and O–H groups in total. The first-order valence-corrected chi connectivity index (χ1v) is 9.39. The van der Waals surface area contributed by atoms with Crippen LogP contribution in [0.4, 0.5) is 0 Å². The lowest BCUT2D eigenvalue weighted by Crippen LogP contribution is -2.35. The molecule has 0 fully saturated rings. The molecular formula is C21H20N4O3. The summed E-state index contributed by atoms with van der Waals surface area (Å²) in [6.07, 6.45) is 4.10. The van der Waals surface area contributed by atoms with Gasteiger partial charge in [-0.1, -0.05) is 6.07 Å². The average Bonchev–Trinajstić information content (AvgIpc) is 2.74. The van der Waals surface area contributed by atoms with Crippen LogP contribution in [0.5, 0.6) is 11.5 Å². The summed E-state index contributed by atoms with van der Waals surface area (Å²) >= 11 is 0. The van der Waals surface area contributed by atoms with Crippen LogP contribution in [0, 0.1) is 0 Å². The van der Waals surface area contributed by atoms with Gasteiger partial charge in [0.2, 0.25) is 0 Å². The molecule has 0 amide bonds. The van der Waals surface area contributed by atoms with Gasteiger partial charge in [-0.15, -0.1) is 0 Å². The van der Waals surface area contributed by atoms with Crippen LogP contribution in [0.25, 0.3) is 11.4 Å². The maximum Gasteiger partial charge on any atom is 0.254 e. The van der Waals surface area contributed by atoms with Crippen molar-refractivity contribution < 1.29 is 9.47 Å². The van der Waals surface area contributed by atoms with Crippen molar-refractivity contribution >= 4 is 0 Å². The van der Waals surface area contributed by atoms with Gasteiger partial charge in [0.1, 0.15) is 19.0 Å². The first-order valence-electron chi connectivity index (χ1n) is 9.39. The third-order valence-electron chi connectivity index (χ3n) is 5.10. The zero-order valence-electron chi connectivity index (χ0n) is 15.4. The highest BCUT2D eigenvalue weighted by Gasteiger charge is 2.22. The van der Waals surface area contributed by atoms with Gasteiger partial charge in [-0.05, 0) is 36.2 Å². The predicted octanol–water partition coefficient (Wildman–Crippen LogP) is 2.16. The van der Waals surface area contributed by atoms with Crippen molar-refractivity contribution in [1.82, 2.24) is 19.9 Å². The SMILES string of the molecule is O=c1[nH]c(-c2cccnc2)nc2c1CCN(Cc1ccc3c(c1)OCCO3)C2. The lowest BCUT2D eigenvalue weighted by molar-refractivity contribution is 0.171. The Hall–Kier alpha value is -3.19. The van der Waals surface area contributed by atoms with Gasteiger partial charge >= 0.3 is 0 Å². The lowest BCUT2D eigenvalue weighted by atomic mass is 10.0. The molecule has 0 bridgehead atoms. The average molecular weight is 376 g/mol. The molecule has 1 aromatic carbocycles. The largest absolute Gasteiger partial charge is 0.486 e. The minimum atomic E-state index is -0.0529. The van der Waals surface area contributed by atoms with Crippen LogP contribution in [0.2, 0.25) is 0 Å². The van der Waals surface area contributed by atoms with Crippen LogP contribution in [-0.2, 0) is 19.5 Å². The summed E-state index contributed by atoms with van der Waals surface area (Å²) in [7, 11) is 0. The van der Waals surface area contributed by atoms with E-state index in [9.17, 15) is 4.79 Å². The molecule has 3 aromatic rings. The Bertz CT molecular complexity index is 1060. The second kappa shape index (κ2) is 7.09. The van der Waals surface area contributed by atoms with E-state index in [0.717, 1.165) is 47.0 Å². The second-order valence-electron chi connectivity index (χ2n) is 7.02. The molecule has 5 rings (SSSR count). The molecule has 0 unspecified atom stereocenters. The van der Waals surface area contributed by atoms with E-state index in [1.807, 2.05) is 24.3 Å². The third-order valence-corrected chi connectivity index (χ3v) is 5.10. The van der Waals surface area contributed by atoms with Crippen LogP contribution in [-0.4, -0.2) is 39.6 Å². The number of fused-ring (bicyclic) bond motifs is 2. The highest BCUT2D eigenvalue weighted by Crippen LogP contribution is 2.31. The van der Waals surface area contributed by atoms with Gasteiger partial charge in [0.25, 0.3) is 5.56 Å². The van der Waals surface area contributed by atoms with Crippen LogP contribution in [0.15, 0.2) is 47.5 Å². The Labute approximate surface area is 162 Å². The number of nitrogens with zero attached hydrogens (tertiary/aromatic N) is 3. The van der Waals surface area contributed by atoms with Crippen LogP contribution < -0.4 is 15.0 Å². The van der Waals surface area contributed by atoms with Gasteiger partial charge in [0.15, 0.2) is 11.5 Å². The van der Waals surface area contributed by atoms with Crippen molar-refractivity contribution in [2.24, 2.45) is 0 Å². The molecule has 2 aliphatic rings. The number of hydrogen-bond donors (Lipinski definition) is 1. The van der Waals surface area contributed by atoms with E-state index in [1.54, 1.807) is 12.4 Å². The van der Waals surface area contributed by atoms with E-state index in [0.29, 0.717) is 32.0 Å². The number of H-pyrrole nitrogens is 1. The number of benzene rings is 1. The standard InChI is InChI=1S/C21H20N4O3/c26-21-16-5-7-25(12-14-3-4-18-19(10-14)28-9-8-27-18)13-17(16)23-20(24-21)15-2-1-6-22-11-15/h1-4,6,10-11H,5,7-9,12-13H2,(H,23,24,26). The maximum atomic E-state index is 12.5. The molecule has 2 aromatic heterocycles. The highest BCUT2D eigenvalue weighted by atomic mass is 16.6. The van der Waals surface area contributed by atoms with Crippen molar-refractivity contribution in [2.45, 2.75) is 19.5 Å². The van der Waals surface area contributed by atoms with Crippen molar-refractivity contribution in [1.29, 1.82) is 0 Å². The fourth-order valence-corrected chi connectivity index (χ4v) is 3.71. The first kappa shape index (κ1) is 16.9. The van der Waals surface area contributed by atoms with Crippen molar-refractivity contribution in [3.63, 3.8) is 0 Å². The van der Waals surface area contributed by atoms with Crippen molar-refractivity contribution in [2.75, 3.05) is 19.8 Å². The molecule has 0 spiro atoms. The number of hydrogen-bond acceptors (Lipinski definition) is 6. The number of ether oxygens (including phenoxy) is 2. The smallest absolute Gasteiger partial charge is 0.254 e. The Morgan fingerprint density at radius 2 is 2.04 bits per heavy atom. The summed E-state index contributed by atoms with van der Waals surface area (Å²) in [4.78, 5) is 26.6. The Morgan fingerprint density at radius 3 is 2.89 bits per heavy atom. The minimum absolute atomic E-state index is 0.0529. The summed E-state index contributed by atoms with van der Waals surface area (Å²) in [6.45, 7) is 3.40. The second-order valence-corrected chi connectivity index (χ2v) is 7.02. The lowest BCUT2D eigenvalue weighted by Gasteiger charge is -2.28. The number of aromatic nitrogens is 3. The number of pyridine rings is 1. The Morgan fingerprint density at radius 1 is 1.14 bits per heavy atom. The fraction of sp³-hybridized carbons (Fsp3) is 0.286. The summed E-state index contributed by atoms with van der Waals surface area (Å²) in [6, 6.07) is 9.80. The normalized spacial score (nSPS) is 15.9. The fourth-order valence-electron chi connectivity index (χ4n) is 3.71. The van der Waals surface area contributed by atoms with Gasteiger partial charge in [-0.2, -0.15) is 0 Å². The van der Waals surface area contributed by atoms with E-state index in [-0.39, 0.29) is 5.56 Å². The molecule has 142 valence electrons. The van der Waals surface area contributed by atoms with Crippen molar-refractivity contribution in [3.05, 3.63) is 69.9 Å². The van der Waals surface area contributed by atoms with E-state index >= 15 is 0 Å². The molecule has 7 nitrogen and oxygen atoms in total.